The number of nitrogens with zero attached hydrogens (tertiary/aromatic N) is 1. The quantitative estimate of drug-likeness (QED) is 0.786. The summed E-state index contributed by atoms with van der Waals surface area (Å²) < 4.78 is 5.26. The summed E-state index contributed by atoms with van der Waals surface area (Å²) in [4.78, 5) is 24.3. The zero-order valence-electron chi connectivity index (χ0n) is 10.5. The van der Waals surface area contributed by atoms with Gasteiger partial charge in [-0.3, -0.25) is 9.59 Å². The Balaban J connectivity index is 2.35. The van der Waals surface area contributed by atoms with Crippen molar-refractivity contribution in [1.82, 2.24) is 4.90 Å². The summed E-state index contributed by atoms with van der Waals surface area (Å²) in [5.74, 6) is -0.531. The molecule has 1 aliphatic heterocycles. The topological polar surface area (TPSA) is 66.8 Å². The van der Waals surface area contributed by atoms with Crippen molar-refractivity contribution in [3.05, 3.63) is 0 Å². The van der Waals surface area contributed by atoms with Crippen LogP contribution >= 0.6 is 0 Å². The normalized spacial score (nSPS) is 19.1. The van der Waals surface area contributed by atoms with Crippen LogP contribution in [0.1, 0.15) is 33.1 Å². The fourth-order valence-corrected chi connectivity index (χ4v) is 2.18. The average molecular weight is 243 g/mol. The van der Waals surface area contributed by atoms with Crippen LogP contribution in [-0.2, 0) is 14.3 Å². The second-order valence-electron chi connectivity index (χ2n) is 4.46. The van der Waals surface area contributed by atoms with Gasteiger partial charge < -0.3 is 14.7 Å². The summed E-state index contributed by atoms with van der Waals surface area (Å²) in [7, 11) is 0. The average Bonchev–Trinajstić information content (AvgIpc) is 2.28. The predicted molar refractivity (Wildman–Crippen MR) is 62.6 cm³/mol. The number of aliphatic carboxylic acids is 1. The number of hydrogen-bond acceptors (Lipinski definition) is 3. The van der Waals surface area contributed by atoms with E-state index in [0.717, 1.165) is 12.8 Å². The lowest BCUT2D eigenvalue weighted by Gasteiger charge is -2.32. The number of carbonyl (C=O) groups is 2. The highest BCUT2D eigenvalue weighted by Crippen LogP contribution is 2.21. The monoisotopic (exact) mass is 243 g/mol. The van der Waals surface area contributed by atoms with E-state index < -0.39 is 12.1 Å². The van der Waals surface area contributed by atoms with Crippen molar-refractivity contribution in [1.29, 1.82) is 0 Å². The van der Waals surface area contributed by atoms with E-state index in [0.29, 0.717) is 19.7 Å². The van der Waals surface area contributed by atoms with Crippen molar-refractivity contribution < 1.29 is 19.4 Å². The molecule has 1 saturated heterocycles. The predicted octanol–water partition coefficient (Wildman–Crippen LogP) is 1.12. The lowest BCUT2D eigenvalue weighted by atomic mass is 9.93. The molecule has 0 saturated carbocycles. The van der Waals surface area contributed by atoms with E-state index in [1.54, 1.807) is 11.8 Å². The summed E-state index contributed by atoms with van der Waals surface area (Å²) in [6.07, 6.45) is 1.37. The number of amides is 1. The molecule has 1 amide bonds. The zero-order valence-corrected chi connectivity index (χ0v) is 10.5. The number of carbonyl (C=O) groups excluding carboxylic acids is 1. The van der Waals surface area contributed by atoms with Gasteiger partial charge in [0.25, 0.3) is 5.91 Å². The zero-order chi connectivity index (χ0) is 12.8. The van der Waals surface area contributed by atoms with Gasteiger partial charge in [0.05, 0.1) is 0 Å². The van der Waals surface area contributed by atoms with Gasteiger partial charge in [0.2, 0.25) is 0 Å². The van der Waals surface area contributed by atoms with Gasteiger partial charge >= 0.3 is 5.97 Å². The summed E-state index contributed by atoms with van der Waals surface area (Å²) >= 11 is 0. The summed E-state index contributed by atoms with van der Waals surface area (Å²) in [5, 5.41) is 8.70. The molecule has 0 spiro atoms. The van der Waals surface area contributed by atoms with E-state index in [9.17, 15) is 9.59 Å². The Labute approximate surface area is 102 Å². The first-order valence-electron chi connectivity index (χ1n) is 6.16. The largest absolute Gasteiger partial charge is 0.481 e. The SMILES string of the molecule is CCOC(C)C(=O)N1CCC(CC(=O)O)CC1. The summed E-state index contributed by atoms with van der Waals surface area (Å²) in [6.45, 7) is 5.45. The van der Waals surface area contributed by atoms with Gasteiger partial charge in [0.15, 0.2) is 0 Å². The fourth-order valence-electron chi connectivity index (χ4n) is 2.18. The minimum atomic E-state index is -0.752. The first-order valence-corrected chi connectivity index (χ1v) is 6.16. The van der Waals surface area contributed by atoms with Gasteiger partial charge in [-0.05, 0) is 32.6 Å². The first-order chi connectivity index (χ1) is 8.04. The smallest absolute Gasteiger partial charge is 0.303 e. The maximum absolute atomic E-state index is 11.9. The fraction of sp³-hybridized carbons (Fsp3) is 0.833. The Morgan fingerprint density at radius 3 is 2.47 bits per heavy atom. The molecular weight excluding hydrogens is 222 g/mol. The van der Waals surface area contributed by atoms with Gasteiger partial charge in [-0.25, -0.2) is 0 Å². The van der Waals surface area contributed by atoms with Crippen molar-refractivity contribution >= 4 is 11.9 Å². The third-order valence-electron chi connectivity index (χ3n) is 3.15. The van der Waals surface area contributed by atoms with Crippen molar-refractivity contribution in [3.63, 3.8) is 0 Å². The van der Waals surface area contributed by atoms with Crippen LogP contribution in [-0.4, -0.2) is 47.7 Å². The molecule has 0 aromatic rings. The van der Waals surface area contributed by atoms with E-state index in [4.69, 9.17) is 9.84 Å². The van der Waals surface area contributed by atoms with Crippen LogP contribution in [0.15, 0.2) is 0 Å². The van der Waals surface area contributed by atoms with Crippen molar-refractivity contribution in [2.45, 2.75) is 39.2 Å². The van der Waals surface area contributed by atoms with Gasteiger partial charge in [-0.15, -0.1) is 0 Å². The number of carboxylic acid groups (broad SMARTS) is 1. The van der Waals surface area contributed by atoms with Crippen LogP contribution in [0.3, 0.4) is 0 Å². The molecule has 98 valence electrons. The van der Waals surface area contributed by atoms with Crippen LogP contribution < -0.4 is 0 Å². The number of ether oxygens (including phenoxy) is 1. The molecule has 1 unspecified atom stereocenters. The number of piperidine rings is 1. The molecule has 1 aliphatic rings. The molecule has 1 rings (SSSR count). The highest BCUT2D eigenvalue weighted by molar-refractivity contribution is 5.80. The number of likely N-dealkylation sites (tertiary alicyclic amines) is 1. The van der Waals surface area contributed by atoms with E-state index in [1.807, 2.05) is 6.92 Å². The minimum Gasteiger partial charge on any atom is -0.481 e. The number of rotatable bonds is 5. The van der Waals surface area contributed by atoms with Gasteiger partial charge in [0, 0.05) is 26.1 Å². The third-order valence-corrected chi connectivity index (χ3v) is 3.15. The van der Waals surface area contributed by atoms with Gasteiger partial charge in [-0.1, -0.05) is 0 Å². The molecule has 0 aliphatic carbocycles. The Morgan fingerprint density at radius 1 is 1.41 bits per heavy atom. The molecule has 1 heterocycles. The Hall–Kier alpha value is -1.10. The third kappa shape index (κ3) is 4.34. The lowest BCUT2D eigenvalue weighted by molar-refractivity contribution is -0.144. The van der Waals surface area contributed by atoms with Crippen molar-refractivity contribution in [2.24, 2.45) is 5.92 Å². The Morgan fingerprint density at radius 2 is 2.00 bits per heavy atom. The van der Waals surface area contributed by atoms with Crippen LogP contribution in [0.4, 0.5) is 0 Å². The van der Waals surface area contributed by atoms with Gasteiger partial charge in [0.1, 0.15) is 6.10 Å². The second kappa shape index (κ2) is 6.59. The van der Waals surface area contributed by atoms with E-state index >= 15 is 0 Å². The Kier molecular flexibility index (Phi) is 5.41. The van der Waals surface area contributed by atoms with E-state index in [-0.39, 0.29) is 18.2 Å². The highest BCUT2D eigenvalue weighted by atomic mass is 16.5. The van der Waals surface area contributed by atoms with Crippen molar-refractivity contribution in [2.75, 3.05) is 19.7 Å². The number of carboxylic acids is 1. The van der Waals surface area contributed by atoms with Crippen molar-refractivity contribution in [3.8, 4) is 0 Å². The molecule has 1 N–H and O–H groups in total. The van der Waals surface area contributed by atoms with Crippen LogP contribution in [0.5, 0.6) is 0 Å². The molecule has 0 bridgehead atoms. The van der Waals surface area contributed by atoms with Crippen LogP contribution in [0.2, 0.25) is 0 Å². The van der Waals surface area contributed by atoms with Gasteiger partial charge in [-0.2, -0.15) is 0 Å². The molecule has 17 heavy (non-hydrogen) atoms. The minimum absolute atomic E-state index is 0.0145. The molecule has 5 nitrogen and oxygen atoms in total. The highest BCUT2D eigenvalue weighted by Gasteiger charge is 2.26. The summed E-state index contributed by atoms with van der Waals surface area (Å²) in [5.41, 5.74) is 0. The van der Waals surface area contributed by atoms with Crippen LogP contribution in [0.25, 0.3) is 0 Å². The summed E-state index contributed by atoms with van der Waals surface area (Å²) in [6, 6.07) is 0. The lowest BCUT2D eigenvalue weighted by Crippen LogP contribution is -2.44. The van der Waals surface area contributed by atoms with E-state index in [2.05, 4.69) is 0 Å². The number of hydrogen-bond donors (Lipinski definition) is 1. The molecular formula is C12H21NO4. The molecule has 0 radical (unpaired) electrons. The molecule has 5 heteroatoms. The molecule has 1 atom stereocenters. The first kappa shape index (κ1) is 14.0. The maximum atomic E-state index is 11.9. The molecule has 0 aromatic carbocycles. The van der Waals surface area contributed by atoms with Crippen LogP contribution in [0, 0.1) is 5.92 Å². The molecule has 1 fully saturated rings. The van der Waals surface area contributed by atoms with E-state index in [1.165, 1.54) is 0 Å². The standard InChI is InChI=1S/C12H21NO4/c1-3-17-9(2)12(16)13-6-4-10(5-7-13)8-11(14)15/h9-10H,3-8H2,1-2H3,(H,14,15). The molecule has 0 aromatic heterocycles. The second-order valence-corrected chi connectivity index (χ2v) is 4.46. The maximum Gasteiger partial charge on any atom is 0.303 e. The Bertz CT molecular complexity index is 272.